The summed E-state index contributed by atoms with van der Waals surface area (Å²) in [5.74, 6) is -0.297. The zero-order valence-electron chi connectivity index (χ0n) is 14.6. The van der Waals surface area contributed by atoms with Crippen LogP contribution in [0.3, 0.4) is 0 Å². The Bertz CT molecular complexity index is 751. The lowest BCUT2D eigenvalue weighted by molar-refractivity contribution is -0.384. The number of ketones is 1. The number of carbonyl (C=O) groups excluding carboxylic acids is 1. The summed E-state index contributed by atoms with van der Waals surface area (Å²) >= 11 is 0. The van der Waals surface area contributed by atoms with Crippen molar-refractivity contribution >= 4 is 23.2 Å². The molecule has 0 N–H and O–H groups in total. The first-order chi connectivity index (χ1) is 11.7. The smallest absolute Gasteiger partial charge is 0.270 e. The van der Waals surface area contributed by atoms with E-state index in [-0.39, 0.29) is 17.0 Å². The number of nitriles is 1. The van der Waals surface area contributed by atoms with E-state index >= 15 is 0 Å². The normalized spacial score (nSPS) is 15.6. The first kappa shape index (κ1) is 18.6. The Labute approximate surface area is 146 Å². The summed E-state index contributed by atoms with van der Waals surface area (Å²) in [6.45, 7) is 7.62. The number of nitro groups is 1. The van der Waals surface area contributed by atoms with Gasteiger partial charge in [-0.25, -0.2) is 0 Å². The Morgan fingerprint density at radius 2 is 2.00 bits per heavy atom. The van der Waals surface area contributed by atoms with E-state index in [9.17, 15) is 20.2 Å². The number of carbonyl (C=O) groups is 1. The number of benzene rings is 1. The SMILES string of the molecule is CC(C)(C)C(=O)C(C#N)=Cc1cc([N+](=O)[O-])ccc1N1CCOCC1. The average molecular weight is 343 g/mol. The maximum absolute atomic E-state index is 12.4. The Morgan fingerprint density at radius 3 is 2.52 bits per heavy atom. The molecule has 0 bridgehead atoms. The van der Waals surface area contributed by atoms with Crippen LogP contribution in [0.1, 0.15) is 26.3 Å². The van der Waals surface area contributed by atoms with Gasteiger partial charge >= 0.3 is 0 Å². The highest BCUT2D eigenvalue weighted by Crippen LogP contribution is 2.30. The average Bonchev–Trinajstić information content (AvgIpc) is 2.58. The number of hydrogen-bond donors (Lipinski definition) is 0. The molecule has 0 radical (unpaired) electrons. The molecular weight excluding hydrogens is 322 g/mol. The van der Waals surface area contributed by atoms with Crippen LogP contribution < -0.4 is 4.90 Å². The second-order valence-electron chi connectivity index (χ2n) is 6.85. The molecular formula is C18H21N3O4. The third-order valence-corrected chi connectivity index (χ3v) is 3.92. The number of hydrogen-bond acceptors (Lipinski definition) is 6. The predicted octanol–water partition coefficient (Wildman–Crippen LogP) is 2.95. The van der Waals surface area contributed by atoms with Gasteiger partial charge in [0.25, 0.3) is 5.69 Å². The van der Waals surface area contributed by atoms with Gasteiger partial charge in [-0.2, -0.15) is 5.26 Å². The topological polar surface area (TPSA) is 96.5 Å². The Kier molecular flexibility index (Phi) is 5.55. The number of rotatable bonds is 4. The minimum absolute atomic E-state index is 0.0116. The highest BCUT2D eigenvalue weighted by Gasteiger charge is 2.26. The molecule has 132 valence electrons. The summed E-state index contributed by atoms with van der Waals surface area (Å²) in [7, 11) is 0. The van der Waals surface area contributed by atoms with Gasteiger partial charge < -0.3 is 9.64 Å². The second kappa shape index (κ2) is 7.45. The number of ether oxygens (including phenoxy) is 1. The van der Waals surface area contributed by atoms with E-state index in [1.165, 1.54) is 18.2 Å². The first-order valence-electron chi connectivity index (χ1n) is 8.02. The van der Waals surface area contributed by atoms with Crippen molar-refractivity contribution in [1.82, 2.24) is 0 Å². The molecule has 0 unspecified atom stereocenters. The molecule has 1 aromatic carbocycles. The molecule has 0 amide bonds. The van der Waals surface area contributed by atoms with Crippen molar-refractivity contribution in [3.05, 3.63) is 39.4 Å². The van der Waals surface area contributed by atoms with Crippen LogP contribution in [-0.4, -0.2) is 37.0 Å². The Balaban J connectivity index is 2.53. The fourth-order valence-electron chi connectivity index (χ4n) is 2.57. The van der Waals surface area contributed by atoms with Gasteiger partial charge in [0.05, 0.1) is 23.7 Å². The molecule has 1 aromatic rings. The number of allylic oxidation sites excluding steroid dienone is 1. The minimum atomic E-state index is -0.707. The molecule has 0 spiro atoms. The summed E-state index contributed by atoms with van der Waals surface area (Å²) in [5.41, 5.74) is 0.446. The summed E-state index contributed by atoms with van der Waals surface area (Å²) in [5, 5.41) is 20.5. The number of nitrogens with zero attached hydrogens (tertiary/aromatic N) is 3. The zero-order chi connectivity index (χ0) is 18.6. The van der Waals surface area contributed by atoms with E-state index in [4.69, 9.17) is 4.74 Å². The summed E-state index contributed by atoms with van der Waals surface area (Å²) in [6.07, 6.45) is 1.45. The van der Waals surface area contributed by atoms with Crippen LogP contribution in [0.25, 0.3) is 6.08 Å². The molecule has 0 aromatic heterocycles. The van der Waals surface area contributed by atoms with Gasteiger partial charge in [-0.15, -0.1) is 0 Å². The third-order valence-electron chi connectivity index (χ3n) is 3.92. The van der Waals surface area contributed by atoms with Crippen molar-refractivity contribution in [3.8, 4) is 6.07 Å². The molecule has 2 rings (SSSR count). The molecule has 1 heterocycles. The van der Waals surface area contributed by atoms with E-state index in [0.29, 0.717) is 31.9 Å². The number of non-ortho nitro benzene ring substituents is 1. The van der Waals surface area contributed by atoms with Gasteiger partial charge in [-0.1, -0.05) is 20.8 Å². The largest absolute Gasteiger partial charge is 0.378 e. The molecule has 1 aliphatic rings. The van der Waals surface area contributed by atoms with Crippen molar-refractivity contribution in [1.29, 1.82) is 5.26 Å². The van der Waals surface area contributed by atoms with Gasteiger partial charge in [0.2, 0.25) is 0 Å². The van der Waals surface area contributed by atoms with Gasteiger partial charge in [0, 0.05) is 41.9 Å². The lowest BCUT2D eigenvalue weighted by atomic mass is 9.86. The Morgan fingerprint density at radius 1 is 1.36 bits per heavy atom. The van der Waals surface area contributed by atoms with Crippen LogP contribution in [0.15, 0.2) is 23.8 Å². The van der Waals surface area contributed by atoms with Gasteiger partial charge in [-0.05, 0) is 12.1 Å². The summed E-state index contributed by atoms with van der Waals surface area (Å²) in [4.78, 5) is 25.1. The third kappa shape index (κ3) is 4.43. The van der Waals surface area contributed by atoms with E-state index in [2.05, 4.69) is 0 Å². The predicted molar refractivity (Wildman–Crippen MR) is 94.2 cm³/mol. The van der Waals surface area contributed by atoms with Crippen LogP contribution in [0.5, 0.6) is 0 Å². The molecule has 25 heavy (non-hydrogen) atoms. The van der Waals surface area contributed by atoms with Crippen LogP contribution in [0.2, 0.25) is 0 Å². The van der Waals surface area contributed by atoms with Crippen molar-refractivity contribution in [3.63, 3.8) is 0 Å². The van der Waals surface area contributed by atoms with Crippen molar-refractivity contribution in [2.75, 3.05) is 31.2 Å². The van der Waals surface area contributed by atoms with Crippen LogP contribution in [0, 0.1) is 26.9 Å². The van der Waals surface area contributed by atoms with E-state index in [0.717, 1.165) is 5.69 Å². The fraction of sp³-hybridized carbons (Fsp3) is 0.444. The minimum Gasteiger partial charge on any atom is -0.378 e. The van der Waals surface area contributed by atoms with Gasteiger partial charge in [0.15, 0.2) is 5.78 Å². The fourth-order valence-corrected chi connectivity index (χ4v) is 2.57. The highest BCUT2D eigenvalue weighted by molar-refractivity contribution is 6.06. The number of morpholine rings is 1. The lowest BCUT2D eigenvalue weighted by Gasteiger charge is -2.30. The number of Topliss-reactive ketones (excluding diaryl/α,β-unsaturated/α-hetero) is 1. The molecule has 1 fully saturated rings. The maximum atomic E-state index is 12.4. The standard InChI is InChI=1S/C18H21N3O4/c1-18(2,3)17(22)14(12-19)10-13-11-15(21(23)24)4-5-16(13)20-6-8-25-9-7-20/h4-5,10-11H,6-9H2,1-3H3. The van der Waals surface area contributed by atoms with Crippen molar-refractivity contribution < 1.29 is 14.5 Å². The van der Waals surface area contributed by atoms with E-state index < -0.39 is 10.3 Å². The first-order valence-corrected chi connectivity index (χ1v) is 8.02. The lowest BCUT2D eigenvalue weighted by Crippen LogP contribution is -2.36. The maximum Gasteiger partial charge on any atom is 0.270 e. The van der Waals surface area contributed by atoms with Crippen molar-refractivity contribution in [2.45, 2.75) is 20.8 Å². The Hall–Kier alpha value is -2.72. The zero-order valence-corrected chi connectivity index (χ0v) is 14.6. The summed E-state index contributed by atoms with van der Waals surface area (Å²) < 4.78 is 5.34. The van der Waals surface area contributed by atoms with Crippen LogP contribution in [-0.2, 0) is 9.53 Å². The highest BCUT2D eigenvalue weighted by atomic mass is 16.6. The van der Waals surface area contributed by atoms with Crippen LogP contribution in [0.4, 0.5) is 11.4 Å². The molecule has 0 saturated carbocycles. The number of nitro benzene ring substituents is 1. The van der Waals surface area contributed by atoms with E-state index in [1.54, 1.807) is 26.8 Å². The van der Waals surface area contributed by atoms with Gasteiger partial charge in [-0.3, -0.25) is 14.9 Å². The van der Waals surface area contributed by atoms with Crippen LogP contribution >= 0.6 is 0 Å². The van der Waals surface area contributed by atoms with Gasteiger partial charge in [0.1, 0.15) is 6.07 Å². The van der Waals surface area contributed by atoms with E-state index in [1.807, 2.05) is 11.0 Å². The second-order valence-corrected chi connectivity index (χ2v) is 6.85. The quantitative estimate of drug-likeness (QED) is 0.361. The number of anilines is 1. The van der Waals surface area contributed by atoms with Crippen molar-refractivity contribution in [2.24, 2.45) is 5.41 Å². The summed E-state index contributed by atoms with van der Waals surface area (Å²) in [6, 6.07) is 6.42. The molecule has 1 aliphatic heterocycles. The molecule has 0 atom stereocenters. The molecule has 7 heteroatoms. The molecule has 1 saturated heterocycles. The monoisotopic (exact) mass is 343 g/mol. The molecule has 0 aliphatic carbocycles. The molecule has 7 nitrogen and oxygen atoms in total.